The fraction of sp³-hybridized carbons (Fsp3) is 0.364. The van der Waals surface area contributed by atoms with Crippen LogP contribution >= 0.6 is 0 Å². The summed E-state index contributed by atoms with van der Waals surface area (Å²) < 4.78 is 13.0. The van der Waals surface area contributed by atoms with E-state index in [1.54, 1.807) is 37.9 Å². The molecule has 0 spiro atoms. The first-order chi connectivity index (χ1) is 6.93. The fourth-order valence-electron chi connectivity index (χ4n) is 1.24. The largest absolute Gasteiger partial charge is 0.480 e. The smallest absolute Gasteiger partial charge is 0.326 e. The molecule has 82 valence electrons. The number of nitrogens with zero attached hydrogens (tertiary/aromatic N) is 1. The monoisotopic (exact) mass is 211 g/mol. The molecule has 0 radical (unpaired) electrons. The summed E-state index contributed by atoms with van der Waals surface area (Å²) in [5.41, 5.74) is 1.21. The van der Waals surface area contributed by atoms with E-state index in [-0.39, 0.29) is 5.82 Å². The van der Waals surface area contributed by atoms with E-state index in [2.05, 4.69) is 0 Å². The lowest BCUT2D eigenvalue weighted by Gasteiger charge is -2.24. The molecule has 1 rings (SSSR count). The Morgan fingerprint density at radius 3 is 2.60 bits per heavy atom. The van der Waals surface area contributed by atoms with Crippen molar-refractivity contribution >= 4 is 11.7 Å². The Balaban J connectivity index is 2.96. The SMILES string of the molecule is Cc1cc(N(C)C(C)C(=O)O)ccc1F. The number of benzene rings is 1. The number of hydrogen-bond acceptors (Lipinski definition) is 2. The average Bonchev–Trinajstić information content (AvgIpc) is 2.19. The van der Waals surface area contributed by atoms with Gasteiger partial charge in [-0.3, -0.25) is 0 Å². The Hall–Kier alpha value is -1.58. The molecule has 0 amide bonds. The van der Waals surface area contributed by atoms with E-state index in [4.69, 9.17) is 5.11 Å². The standard InChI is InChI=1S/C11H14FNO2/c1-7-6-9(4-5-10(7)12)13(3)8(2)11(14)15/h4-6,8H,1-3H3,(H,14,15). The summed E-state index contributed by atoms with van der Waals surface area (Å²) in [6.45, 7) is 3.24. The van der Waals surface area contributed by atoms with Crippen molar-refractivity contribution in [3.05, 3.63) is 29.6 Å². The van der Waals surface area contributed by atoms with Gasteiger partial charge < -0.3 is 10.0 Å². The molecule has 1 aromatic carbocycles. The summed E-state index contributed by atoms with van der Waals surface area (Å²) in [5.74, 6) is -1.19. The summed E-state index contributed by atoms with van der Waals surface area (Å²) in [6.07, 6.45) is 0. The van der Waals surface area contributed by atoms with Gasteiger partial charge in [0, 0.05) is 12.7 Å². The zero-order valence-corrected chi connectivity index (χ0v) is 8.99. The van der Waals surface area contributed by atoms with E-state index in [1.165, 1.54) is 6.07 Å². The van der Waals surface area contributed by atoms with Crippen molar-refractivity contribution < 1.29 is 14.3 Å². The molecule has 1 N–H and O–H groups in total. The molecule has 1 unspecified atom stereocenters. The predicted molar refractivity (Wildman–Crippen MR) is 56.6 cm³/mol. The molecule has 0 heterocycles. The molecule has 0 aromatic heterocycles. The van der Waals surface area contributed by atoms with Crippen molar-refractivity contribution in [3.63, 3.8) is 0 Å². The highest BCUT2D eigenvalue weighted by Gasteiger charge is 2.17. The minimum atomic E-state index is -0.903. The number of carbonyl (C=O) groups is 1. The number of likely N-dealkylation sites (N-methyl/N-ethyl adjacent to an activating group) is 1. The topological polar surface area (TPSA) is 40.5 Å². The highest BCUT2D eigenvalue weighted by Crippen LogP contribution is 2.18. The Morgan fingerprint density at radius 2 is 2.13 bits per heavy atom. The first kappa shape index (κ1) is 11.5. The van der Waals surface area contributed by atoms with Gasteiger partial charge in [0.1, 0.15) is 11.9 Å². The van der Waals surface area contributed by atoms with Crippen LogP contribution in [-0.2, 0) is 4.79 Å². The lowest BCUT2D eigenvalue weighted by Crippen LogP contribution is -2.35. The number of aryl methyl sites for hydroxylation is 1. The maximum atomic E-state index is 13.0. The van der Waals surface area contributed by atoms with Crippen LogP contribution in [0, 0.1) is 12.7 Å². The number of halogens is 1. The average molecular weight is 211 g/mol. The van der Waals surface area contributed by atoms with Crippen molar-refractivity contribution in [3.8, 4) is 0 Å². The fourth-order valence-corrected chi connectivity index (χ4v) is 1.24. The summed E-state index contributed by atoms with van der Waals surface area (Å²) in [6, 6.07) is 3.92. The maximum Gasteiger partial charge on any atom is 0.326 e. The molecule has 0 aliphatic rings. The van der Waals surface area contributed by atoms with E-state index in [0.717, 1.165) is 0 Å². The Morgan fingerprint density at radius 1 is 1.53 bits per heavy atom. The quantitative estimate of drug-likeness (QED) is 0.831. The van der Waals surface area contributed by atoms with Crippen molar-refractivity contribution in [2.45, 2.75) is 19.9 Å². The molecule has 1 aromatic rings. The zero-order valence-electron chi connectivity index (χ0n) is 8.99. The van der Waals surface area contributed by atoms with Gasteiger partial charge >= 0.3 is 5.97 Å². The Bertz CT molecular complexity index is 379. The molecule has 0 saturated carbocycles. The number of carboxylic acids is 1. The van der Waals surface area contributed by atoms with Gasteiger partial charge in [-0.15, -0.1) is 0 Å². The normalized spacial score (nSPS) is 12.3. The van der Waals surface area contributed by atoms with Gasteiger partial charge in [0.15, 0.2) is 0 Å². The van der Waals surface area contributed by atoms with Crippen LogP contribution in [0.3, 0.4) is 0 Å². The van der Waals surface area contributed by atoms with Gasteiger partial charge in [-0.05, 0) is 37.6 Å². The molecule has 0 aliphatic heterocycles. The minimum absolute atomic E-state index is 0.282. The van der Waals surface area contributed by atoms with Gasteiger partial charge in [-0.1, -0.05) is 0 Å². The van der Waals surface area contributed by atoms with Crippen LogP contribution in [0.5, 0.6) is 0 Å². The van der Waals surface area contributed by atoms with Gasteiger partial charge in [0.2, 0.25) is 0 Å². The first-order valence-electron chi connectivity index (χ1n) is 4.65. The predicted octanol–water partition coefficient (Wildman–Crippen LogP) is 2.04. The molecule has 0 saturated heterocycles. The second kappa shape index (κ2) is 4.29. The molecule has 0 bridgehead atoms. The second-order valence-corrected chi connectivity index (χ2v) is 3.56. The lowest BCUT2D eigenvalue weighted by atomic mass is 10.2. The van der Waals surface area contributed by atoms with Gasteiger partial charge in [0.05, 0.1) is 0 Å². The van der Waals surface area contributed by atoms with Crippen LogP contribution in [-0.4, -0.2) is 24.2 Å². The van der Waals surface area contributed by atoms with Crippen LogP contribution in [0.1, 0.15) is 12.5 Å². The number of carboxylic acid groups (broad SMARTS) is 1. The van der Waals surface area contributed by atoms with Crippen molar-refractivity contribution in [1.29, 1.82) is 0 Å². The first-order valence-corrected chi connectivity index (χ1v) is 4.65. The number of anilines is 1. The van der Waals surface area contributed by atoms with Gasteiger partial charge in [-0.25, -0.2) is 9.18 Å². The molecular weight excluding hydrogens is 197 g/mol. The Kier molecular flexibility index (Phi) is 3.29. The number of hydrogen-bond donors (Lipinski definition) is 1. The minimum Gasteiger partial charge on any atom is -0.480 e. The van der Waals surface area contributed by atoms with Gasteiger partial charge in [-0.2, -0.15) is 0 Å². The zero-order chi connectivity index (χ0) is 11.6. The lowest BCUT2D eigenvalue weighted by molar-refractivity contribution is -0.138. The molecule has 1 atom stereocenters. The van der Waals surface area contributed by atoms with Crippen molar-refractivity contribution in [2.24, 2.45) is 0 Å². The number of aliphatic carboxylic acids is 1. The maximum absolute atomic E-state index is 13.0. The molecule has 0 aliphatic carbocycles. The molecule has 15 heavy (non-hydrogen) atoms. The molecule has 3 nitrogen and oxygen atoms in total. The summed E-state index contributed by atoms with van der Waals surface area (Å²) in [5, 5.41) is 8.82. The van der Waals surface area contributed by atoms with Crippen LogP contribution in [0.2, 0.25) is 0 Å². The second-order valence-electron chi connectivity index (χ2n) is 3.56. The van der Waals surface area contributed by atoms with Gasteiger partial charge in [0.25, 0.3) is 0 Å². The molecular formula is C11H14FNO2. The van der Waals surface area contributed by atoms with E-state index in [0.29, 0.717) is 11.3 Å². The third-order valence-electron chi connectivity index (χ3n) is 2.49. The summed E-state index contributed by atoms with van der Waals surface area (Å²) >= 11 is 0. The third-order valence-corrected chi connectivity index (χ3v) is 2.49. The molecule has 0 fully saturated rings. The van der Waals surface area contributed by atoms with Crippen LogP contribution in [0.15, 0.2) is 18.2 Å². The highest BCUT2D eigenvalue weighted by molar-refractivity contribution is 5.77. The Labute approximate surface area is 88.1 Å². The van der Waals surface area contributed by atoms with Crippen LogP contribution in [0.4, 0.5) is 10.1 Å². The van der Waals surface area contributed by atoms with Crippen LogP contribution in [0.25, 0.3) is 0 Å². The molecule has 4 heteroatoms. The van der Waals surface area contributed by atoms with E-state index in [9.17, 15) is 9.18 Å². The summed E-state index contributed by atoms with van der Waals surface area (Å²) in [7, 11) is 1.67. The van der Waals surface area contributed by atoms with Crippen molar-refractivity contribution in [2.75, 3.05) is 11.9 Å². The van der Waals surface area contributed by atoms with Crippen LogP contribution < -0.4 is 4.90 Å². The number of rotatable bonds is 3. The van der Waals surface area contributed by atoms with E-state index >= 15 is 0 Å². The van der Waals surface area contributed by atoms with Crippen molar-refractivity contribution in [1.82, 2.24) is 0 Å². The highest BCUT2D eigenvalue weighted by atomic mass is 19.1. The summed E-state index contributed by atoms with van der Waals surface area (Å²) in [4.78, 5) is 12.3. The van der Waals surface area contributed by atoms with E-state index < -0.39 is 12.0 Å². The van der Waals surface area contributed by atoms with E-state index in [1.807, 2.05) is 0 Å². The third kappa shape index (κ3) is 2.46.